The van der Waals surface area contributed by atoms with E-state index in [0.29, 0.717) is 33.2 Å². The number of H-pyrrole nitrogens is 1. The van der Waals surface area contributed by atoms with E-state index in [1.165, 1.54) is 35.3 Å². The van der Waals surface area contributed by atoms with Crippen molar-refractivity contribution < 1.29 is 14.3 Å². The minimum absolute atomic E-state index is 0.0575. The van der Waals surface area contributed by atoms with E-state index in [1.807, 2.05) is 12.3 Å². The van der Waals surface area contributed by atoms with Crippen LogP contribution in [0.15, 0.2) is 57.8 Å². The lowest BCUT2D eigenvalue weighted by Gasteiger charge is -2.16. The number of carbonyl (C=O) groups excluding carboxylic acids is 2. The standard InChI is InChI=1S/C28H27N3O4S2/c1-2-12-35-27(34)20-8-5-9-21(14-20)29-23(32)16-37-28-30-25(33)24-22(15-36-26(24)31-28)19-11-10-17-6-3-4-7-18(17)13-19/h5,8-11,13-15H,2-4,6-7,12,16H2,1H3,(H,29,32)(H,30,31,33). The highest BCUT2D eigenvalue weighted by atomic mass is 32.2. The number of aromatic nitrogens is 2. The van der Waals surface area contributed by atoms with Gasteiger partial charge in [0.05, 0.1) is 23.3 Å². The lowest BCUT2D eigenvalue weighted by molar-refractivity contribution is -0.113. The van der Waals surface area contributed by atoms with E-state index in [-0.39, 0.29) is 17.2 Å². The Labute approximate surface area is 222 Å². The summed E-state index contributed by atoms with van der Waals surface area (Å²) in [6.07, 6.45) is 5.37. The number of nitrogens with one attached hydrogen (secondary N) is 2. The number of aryl methyl sites for hydroxylation is 2. The fraction of sp³-hybridized carbons (Fsp3) is 0.286. The molecule has 2 aromatic heterocycles. The summed E-state index contributed by atoms with van der Waals surface area (Å²) in [4.78, 5) is 45.7. The number of anilines is 1. The highest BCUT2D eigenvalue weighted by Crippen LogP contribution is 2.34. The SMILES string of the molecule is CCCOC(=O)c1cccc(NC(=O)CSc2nc3scc(-c4ccc5c(c4)CCCC5)c3c(=O)[nH]2)c1. The Hall–Kier alpha value is -3.43. The summed E-state index contributed by atoms with van der Waals surface area (Å²) in [5.74, 6) is -0.636. The van der Waals surface area contributed by atoms with Crippen molar-refractivity contribution in [3.8, 4) is 11.1 Å². The van der Waals surface area contributed by atoms with Crippen molar-refractivity contribution in [2.24, 2.45) is 0 Å². The maximum Gasteiger partial charge on any atom is 0.338 e. The maximum absolute atomic E-state index is 13.0. The van der Waals surface area contributed by atoms with Gasteiger partial charge in [-0.3, -0.25) is 9.59 Å². The third-order valence-corrected chi connectivity index (χ3v) is 7.99. The number of thioether (sulfide) groups is 1. The van der Waals surface area contributed by atoms with Gasteiger partial charge >= 0.3 is 5.97 Å². The number of aromatic amines is 1. The molecule has 0 aliphatic heterocycles. The number of nitrogens with zero attached hydrogens (tertiary/aromatic N) is 1. The number of hydrogen-bond donors (Lipinski definition) is 2. The van der Waals surface area contributed by atoms with E-state index >= 15 is 0 Å². The molecule has 9 heteroatoms. The van der Waals surface area contributed by atoms with Crippen LogP contribution in [0.3, 0.4) is 0 Å². The molecule has 0 unspecified atom stereocenters. The normalized spacial score (nSPS) is 12.8. The molecule has 0 radical (unpaired) electrons. The van der Waals surface area contributed by atoms with E-state index in [4.69, 9.17) is 4.74 Å². The lowest BCUT2D eigenvalue weighted by atomic mass is 9.89. The molecule has 190 valence electrons. The van der Waals surface area contributed by atoms with Gasteiger partial charge in [-0.15, -0.1) is 11.3 Å². The van der Waals surface area contributed by atoms with Crippen molar-refractivity contribution in [1.82, 2.24) is 9.97 Å². The lowest BCUT2D eigenvalue weighted by Crippen LogP contribution is -2.16. The van der Waals surface area contributed by atoms with Crippen molar-refractivity contribution in [1.29, 1.82) is 0 Å². The summed E-state index contributed by atoms with van der Waals surface area (Å²) >= 11 is 2.59. The van der Waals surface area contributed by atoms with Gasteiger partial charge in [-0.2, -0.15) is 0 Å². The zero-order chi connectivity index (χ0) is 25.8. The van der Waals surface area contributed by atoms with Gasteiger partial charge in [0.15, 0.2) is 5.16 Å². The molecular weight excluding hydrogens is 506 g/mol. The first-order valence-corrected chi connectivity index (χ1v) is 14.2. The van der Waals surface area contributed by atoms with Crippen LogP contribution in [0.1, 0.15) is 47.7 Å². The highest BCUT2D eigenvalue weighted by molar-refractivity contribution is 7.99. The fourth-order valence-electron chi connectivity index (χ4n) is 4.44. The van der Waals surface area contributed by atoms with Crippen LogP contribution in [-0.4, -0.2) is 34.2 Å². The van der Waals surface area contributed by atoms with Gasteiger partial charge in [0.25, 0.3) is 5.56 Å². The number of ether oxygens (including phenoxy) is 1. The molecule has 0 bridgehead atoms. The predicted octanol–water partition coefficient (Wildman–Crippen LogP) is 5.83. The topological polar surface area (TPSA) is 101 Å². The average Bonchev–Trinajstić information content (AvgIpc) is 3.35. The van der Waals surface area contributed by atoms with Crippen LogP contribution < -0.4 is 10.9 Å². The van der Waals surface area contributed by atoms with Gasteiger partial charge in [-0.05, 0) is 67.0 Å². The first-order chi connectivity index (χ1) is 18.0. The molecule has 4 aromatic rings. The summed E-state index contributed by atoms with van der Waals surface area (Å²) in [6, 6.07) is 13.1. The first-order valence-electron chi connectivity index (χ1n) is 12.4. The molecule has 2 aromatic carbocycles. The minimum Gasteiger partial charge on any atom is -0.462 e. The summed E-state index contributed by atoms with van der Waals surface area (Å²) in [7, 11) is 0. The molecule has 2 N–H and O–H groups in total. The van der Waals surface area contributed by atoms with Gasteiger partial charge in [-0.25, -0.2) is 9.78 Å². The van der Waals surface area contributed by atoms with Crippen LogP contribution in [0.4, 0.5) is 5.69 Å². The monoisotopic (exact) mass is 533 g/mol. The van der Waals surface area contributed by atoms with Crippen molar-refractivity contribution >= 4 is 50.9 Å². The zero-order valence-corrected chi connectivity index (χ0v) is 22.1. The summed E-state index contributed by atoms with van der Waals surface area (Å²) in [6.45, 7) is 2.27. The summed E-state index contributed by atoms with van der Waals surface area (Å²) in [5, 5.41) is 5.74. The Morgan fingerprint density at radius 2 is 1.97 bits per heavy atom. The number of carbonyl (C=O) groups is 2. The molecule has 1 aliphatic rings. The van der Waals surface area contributed by atoms with Gasteiger partial charge in [-0.1, -0.05) is 43.0 Å². The number of rotatable bonds is 8. The Morgan fingerprint density at radius 3 is 2.81 bits per heavy atom. The van der Waals surface area contributed by atoms with E-state index in [1.54, 1.807) is 24.3 Å². The molecule has 7 nitrogen and oxygen atoms in total. The summed E-state index contributed by atoms with van der Waals surface area (Å²) in [5.41, 5.74) is 5.38. The third kappa shape index (κ3) is 5.78. The Kier molecular flexibility index (Phi) is 7.71. The molecule has 1 amide bonds. The molecular formula is C28H27N3O4S2. The molecule has 5 rings (SSSR count). The van der Waals surface area contributed by atoms with Crippen molar-refractivity contribution in [2.45, 2.75) is 44.2 Å². The summed E-state index contributed by atoms with van der Waals surface area (Å²) < 4.78 is 5.15. The molecule has 1 aliphatic carbocycles. The molecule has 2 heterocycles. The molecule has 0 atom stereocenters. The first kappa shape index (κ1) is 25.2. The second kappa shape index (κ2) is 11.3. The average molecular weight is 534 g/mol. The van der Waals surface area contributed by atoms with Crippen LogP contribution in [0.5, 0.6) is 0 Å². The van der Waals surface area contributed by atoms with Crippen LogP contribution >= 0.6 is 23.1 Å². The number of hydrogen-bond acceptors (Lipinski definition) is 7. The van der Waals surface area contributed by atoms with Gasteiger partial charge in [0.2, 0.25) is 5.91 Å². The molecule has 0 spiro atoms. The smallest absolute Gasteiger partial charge is 0.338 e. The largest absolute Gasteiger partial charge is 0.462 e. The Morgan fingerprint density at radius 1 is 1.14 bits per heavy atom. The highest BCUT2D eigenvalue weighted by Gasteiger charge is 2.17. The fourth-order valence-corrected chi connectivity index (χ4v) is 6.11. The van der Waals surface area contributed by atoms with Crippen LogP contribution in [-0.2, 0) is 22.4 Å². The molecule has 0 fully saturated rings. The van der Waals surface area contributed by atoms with Crippen molar-refractivity contribution in [3.05, 3.63) is 74.9 Å². The predicted molar refractivity (Wildman–Crippen MR) is 149 cm³/mol. The second-order valence-corrected chi connectivity index (χ2v) is 10.8. The molecule has 37 heavy (non-hydrogen) atoms. The van der Waals surface area contributed by atoms with E-state index in [0.717, 1.165) is 42.2 Å². The van der Waals surface area contributed by atoms with Crippen LogP contribution in [0.25, 0.3) is 21.3 Å². The number of fused-ring (bicyclic) bond motifs is 2. The second-order valence-electron chi connectivity index (χ2n) is 8.94. The minimum atomic E-state index is -0.423. The zero-order valence-electron chi connectivity index (χ0n) is 20.5. The van der Waals surface area contributed by atoms with Crippen molar-refractivity contribution in [3.63, 3.8) is 0 Å². The number of thiophene rings is 1. The van der Waals surface area contributed by atoms with E-state index < -0.39 is 5.97 Å². The number of esters is 1. The number of benzene rings is 2. The van der Waals surface area contributed by atoms with Crippen LogP contribution in [0.2, 0.25) is 0 Å². The molecule has 0 saturated heterocycles. The van der Waals surface area contributed by atoms with Crippen molar-refractivity contribution in [2.75, 3.05) is 17.7 Å². The Bertz CT molecular complexity index is 1530. The van der Waals surface area contributed by atoms with E-state index in [9.17, 15) is 14.4 Å². The van der Waals surface area contributed by atoms with Crippen LogP contribution in [0, 0.1) is 0 Å². The maximum atomic E-state index is 13.0. The van der Waals surface area contributed by atoms with Gasteiger partial charge in [0.1, 0.15) is 4.83 Å². The van der Waals surface area contributed by atoms with E-state index in [2.05, 4.69) is 33.5 Å². The van der Waals surface area contributed by atoms with Gasteiger partial charge < -0.3 is 15.0 Å². The quantitative estimate of drug-likeness (QED) is 0.168. The Balaban J connectivity index is 1.27. The van der Waals surface area contributed by atoms with Gasteiger partial charge in [0, 0.05) is 16.6 Å². The number of amides is 1. The molecule has 0 saturated carbocycles. The third-order valence-electron chi connectivity index (χ3n) is 6.24.